The van der Waals surface area contributed by atoms with Crippen LogP contribution in [-0.4, -0.2) is 34.0 Å². The summed E-state index contributed by atoms with van der Waals surface area (Å²) in [6.45, 7) is 1.81. The summed E-state index contributed by atoms with van der Waals surface area (Å²) < 4.78 is 19.4. The Morgan fingerprint density at radius 2 is 1.75 bits per heavy atom. The SMILES string of the molecule is C[C@]1(Cc2ccc(F)cc2)Cc2cc(C(=O)N(CC(=O)O)Cc3ccccc3)ccc2O1. The first kappa shape index (κ1) is 21.6. The summed E-state index contributed by atoms with van der Waals surface area (Å²) in [6.07, 6.45) is 1.20. The van der Waals surface area contributed by atoms with Gasteiger partial charge >= 0.3 is 5.97 Å². The van der Waals surface area contributed by atoms with Gasteiger partial charge in [-0.25, -0.2) is 4.39 Å². The van der Waals surface area contributed by atoms with Gasteiger partial charge in [-0.1, -0.05) is 42.5 Å². The minimum atomic E-state index is -1.06. The molecular formula is C26H24FNO4. The third kappa shape index (κ3) is 4.97. The van der Waals surface area contributed by atoms with E-state index in [9.17, 15) is 19.1 Å². The van der Waals surface area contributed by atoms with Crippen molar-refractivity contribution in [3.05, 3.63) is 101 Å². The summed E-state index contributed by atoms with van der Waals surface area (Å²) in [4.78, 5) is 25.8. The van der Waals surface area contributed by atoms with E-state index in [0.717, 1.165) is 16.7 Å². The van der Waals surface area contributed by atoms with E-state index >= 15 is 0 Å². The number of nitrogens with zero attached hydrogens (tertiary/aromatic N) is 1. The van der Waals surface area contributed by atoms with Crippen LogP contribution in [0.4, 0.5) is 4.39 Å². The van der Waals surface area contributed by atoms with Gasteiger partial charge in [0.15, 0.2) is 0 Å². The minimum absolute atomic E-state index is 0.210. The van der Waals surface area contributed by atoms with Crippen molar-refractivity contribution in [3.63, 3.8) is 0 Å². The molecule has 6 heteroatoms. The van der Waals surface area contributed by atoms with Crippen LogP contribution in [-0.2, 0) is 24.2 Å². The van der Waals surface area contributed by atoms with Crippen LogP contribution in [0.1, 0.15) is 34.0 Å². The molecule has 3 aromatic rings. The van der Waals surface area contributed by atoms with Crippen LogP contribution in [0.15, 0.2) is 72.8 Å². The van der Waals surface area contributed by atoms with Gasteiger partial charge in [0.1, 0.15) is 23.7 Å². The van der Waals surface area contributed by atoms with Gasteiger partial charge in [0.05, 0.1) is 0 Å². The second-order valence-electron chi connectivity index (χ2n) is 8.40. The largest absolute Gasteiger partial charge is 0.487 e. The summed E-state index contributed by atoms with van der Waals surface area (Å²) >= 11 is 0. The molecule has 0 aromatic heterocycles. The van der Waals surface area contributed by atoms with Crippen molar-refractivity contribution in [1.29, 1.82) is 0 Å². The van der Waals surface area contributed by atoms with Gasteiger partial charge in [-0.2, -0.15) is 0 Å². The number of hydrogen-bond acceptors (Lipinski definition) is 3. The van der Waals surface area contributed by atoms with E-state index < -0.39 is 11.6 Å². The molecule has 0 saturated carbocycles. The van der Waals surface area contributed by atoms with Crippen molar-refractivity contribution >= 4 is 11.9 Å². The van der Waals surface area contributed by atoms with Gasteiger partial charge in [-0.05, 0) is 53.9 Å². The molecule has 1 aliphatic heterocycles. The average molecular weight is 433 g/mol. The number of fused-ring (bicyclic) bond motifs is 1. The fourth-order valence-electron chi connectivity index (χ4n) is 4.14. The van der Waals surface area contributed by atoms with Gasteiger partial charge in [-0.15, -0.1) is 0 Å². The van der Waals surface area contributed by atoms with Gasteiger partial charge in [0.2, 0.25) is 0 Å². The molecule has 3 aromatic carbocycles. The Balaban J connectivity index is 1.52. The first-order chi connectivity index (χ1) is 15.3. The van der Waals surface area contributed by atoms with Crippen LogP contribution in [0.3, 0.4) is 0 Å². The third-order valence-electron chi connectivity index (χ3n) is 5.55. The highest BCUT2D eigenvalue weighted by atomic mass is 19.1. The molecular weight excluding hydrogens is 409 g/mol. The van der Waals surface area contributed by atoms with Crippen LogP contribution < -0.4 is 4.74 Å². The van der Waals surface area contributed by atoms with Crippen LogP contribution in [0.5, 0.6) is 5.75 Å². The molecule has 164 valence electrons. The van der Waals surface area contributed by atoms with Crippen molar-refractivity contribution in [2.75, 3.05) is 6.54 Å². The van der Waals surface area contributed by atoms with Gasteiger partial charge in [-0.3, -0.25) is 9.59 Å². The first-order valence-electron chi connectivity index (χ1n) is 10.4. The van der Waals surface area contributed by atoms with E-state index in [2.05, 4.69) is 0 Å². The molecule has 1 amide bonds. The van der Waals surface area contributed by atoms with E-state index in [0.29, 0.717) is 24.2 Å². The number of carboxylic acids is 1. The standard InChI is InChI=1S/C26H24FNO4/c1-26(14-18-7-10-22(27)11-8-18)15-21-13-20(9-12-23(21)32-26)25(31)28(17-24(29)30)16-19-5-3-2-4-6-19/h2-13H,14-17H2,1H3,(H,29,30)/t26-/m0/s1. The Hall–Kier alpha value is -3.67. The van der Waals surface area contributed by atoms with Crippen molar-refractivity contribution in [2.24, 2.45) is 0 Å². The minimum Gasteiger partial charge on any atom is -0.487 e. The molecule has 1 aliphatic rings. The molecule has 0 fully saturated rings. The molecule has 0 saturated heterocycles. The summed E-state index contributed by atoms with van der Waals surface area (Å²) in [6, 6.07) is 20.9. The van der Waals surface area contributed by atoms with E-state index in [-0.39, 0.29) is 24.8 Å². The molecule has 0 unspecified atom stereocenters. The second-order valence-corrected chi connectivity index (χ2v) is 8.40. The zero-order valence-corrected chi connectivity index (χ0v) is 17.8. The van der Waals surface area contributed by atoms with Crippen LogP contribution in [0, 0.1) is 5.82 Å². The lowest BCUT2D eigenvalue weighted by atomic mass is 9.91. The number of amides is 1. The number of carbonyl (C=O) groups is 2. The van der Waals surface area contributed by atoms with Crippen molar-refractivity contribution in [3.8, 4) is 5.75 Å². The number of aliphatic carboxylic acids is 1. The first-order valence-corrected chi connectivity index (χ1v) is 10.4. The fraction of sp³-hybridized carbons (Fsp3) is 0.231. The maximum absolute atomic E-state index is 13.2. The third-order valence-corrected chi connectivity index (χ3v) is 5.55. The molecule has 5 nitrogen and oxygen atoms in total. The summed E-state index contributed by atoms with van der Waals surface area (Å²) in [5.74, 6) is -0.977. The number of halogens is 1. The number of hydrogen-bond donors (Lipinski definition) is 1. The summed E-state index contributed by atoms with van der Waals surface area (Å²) in [5, 5.41) is 9.30. The molecule has 32 heavy (non-hydrogen) atoms. The monoisotopic (exact) mass is 433 g/mol. The van der Waals surface area contributed by atoms with Gasteiger partial charge in [0.25, 0.3) is 5.91 Å². The van der Waals surface area contributed by atoms with E-state index in [1.54, 1.807) is 30.3 Å². The van der Waals surface area contributed by atoms with Gasteiger partial charge in [0, 0.05) is 24.9 Å². The Morgan fingerprint density at radius 3 is 2.44 bits per heavy atom. The lowest BCUT2D eigenvalue weighted by Crippen LogP contribution is -2.35. The Kier molecular flexibility index (Phi) is 5.95. The Bertz CT molecular complexity index is 1130. The number of ether oxygens (including phenoxy) is 1. The lowest BCUT2D eigenvalue weighted by Gasteiger charge is -2.24. The maximum atomic E-state index is 13.2. The molecule has 0 aliphatic carbocycles. The molecule has 1 N–H and O–H groups in total. The van der Waals surface area contributed by atoms with Crippen LogP contribution >= 0.6 is 0 Å². The van der Waals surface area contributed by atoms with Crippen molar-refractivity contribution < 1.29 is 23.8 Å². The highest BCUT2D eigenvalue weighted by Gasteiger charge is 2.35. The molecule has 0 bridgehead atoms. The van der Waals surface area contributed by atoms with E-state index in [1.165, 1.54) is 17.0 Å². The van der Waals surface area contributed by atoms with E-state index in [4.69, 9.17) is 4.74 Å². The Morgan fingerprint density at radius 1 is 1.03 bits per heavy atom. The van der Waals surface area contributed by atoms with Gasteiger partial charge < -0.3 is 14.7 Å². The maximum Gasteiger partial charge on any atom is 0.323 e. The van der Waals surface area contributed by atoms with Crippen molar-refractivity contribution in [1.82, 2.24) is 4.90 Å². The molecule has 1 atom stereocenters. The summed E-state index contributed by atoms with van der Waals surface area (Å²) in [7, 11) is 0. The zero-order valence-electron chi connectivity index (χ0n) is 17.8. The topological polar surface area (TPSA) is 66.8 Å². The summed E-state index contributed by atoms with van der Waals surface area (Å²) in [5.41, 5.74) is 2.64. The highest BCUT2D eigenvalue weighted by molar-refractivity contribution is 5.96. The molecule has 0 radical (unpaired) electrons. The zero-order chi connectivity index (χ0) is 22.7. The molecule has 4 rings (SSSR count). The Labute approximate surface area is 186 Å². The van der Waals surface area contributed by atoms with Crippen molar-refractivity contribution in [2.45, 2.75) is 31.9 Å². The fourth-order valence-corrected chi connectivity index (χ4v) is 4.14. The quantitative estimate of drug-likeness (QED) is 0.596. The smallest absolute Gasteiger partial charge is 0.323 e. The van der Waals surface area contributed by atoms with E-state index in [1.807, 2.05) is 37.3 Å². The molecule has 0 spiro atoms. The van der Waals surface area contributed by atoms with Crippen LogP contribution in [0.25, 0.3) is 0 Å². The highest BCUT2D eigenvalue weighted by Crippen LogP contribution is 2.37. The number of benzene rings is 3. The normalized spacial score (nSPS) is 16.8. The lowest BCUT2D eigenvalue weighted by molar-refractivity contribution is -0.137. The predicted octanol–water partition coefficient (Wildman–Crippen LogP) is 4.49. The number of rotatable bonds is 7. The van der Waals surface area contributed by atoms with Crippen LogP contribution in [0.2, 0.25) is 0 Å². The number of carbonyl (C=O) groups excluding carboxylic acids is 1. The molecule has 1 heterocycles. The average Bonchev–Trinajstić information content (AvgIpc) is 3.09. The number of carboxylic acid groups (broad SMARTS) is 1. The second kappa shape index (κ2) is 8.83. The predicted molar refractivity (Wildman–Crippen MR) is 118 cm³/mol.